The maximum absolute atomic E-state index is 12.6. The average Bonchev–Trinajstić information content (AvgIpc) is 3.12. The SMILES string of the molecule is C[C@@H](OC(=O)CC12CC3CC(CC(C3)C1)C2)C(=O)NCc1ccc2c(c1)OCO2. The van der Waals surface area contributed by atoms with Gasteiger partial charge in [0, 0.05) is 6.54 Å². The molecule has 0 saturated heterocycles. The first-order valence-corrected chi connectivity index (χ1v) is 10.8. The third kappa shape index (κ3) is 3.81. The van der Waals surface area contributed by atoms with Crippen LogP contribution in [0.1, 0.15) is 57.4 Å². The van der Waals surface area contributed by atoms with E-state index in [9.17, 15) is 9.59 Å². The predicted molar refractivity (Wildman–Crippen MR) is 105 cm³/mol. The van der Waals surface area contributed by atoms with Gasteiger partial charge >= 0.3 is 5.97 Å². The lowest BCUT2D eigenvalue weighted by Crippen LogP contribution is -2.47. The zero-order valence-electron chi connectivity index (χ0n) is 16.9. The number of hydrogen-bond donors (Lipinski definition) is 1. The Kier molecular flexibility index (Phi) is 4.67. The molecule has 29 heavy (non-hydrogen) atoms. The second-order valence-electron chi connectivity index (χ2n) is 9.63. The minimum absolute atomic E-state index is 0.133. The van der Waals surface area contributed by atoms with Gasteiger partial charge in [0.05, 0.1) is 6.42 Å². The molecular weight excluding hydrogens is 370 g/mol. The van der Waals surface area contributed by atoms with E-state index in [0.717, 1.165) is 23.3 Å². The number of fused-ring (bicyclic) bond motifs is 1. The van der Waals surface area contributed by atoms with E-state index in [4.69, 9.17) is 14.2 Å². The largest absolute Gasteiger partial charge is 0.454 e. The fourth-order valence-electron chi connectivity index (χ4n) is 6.49. The quantitative estimate of drug-likeness (QED) is 0.741. The zero-order chi connectivity index (χ0) is 20.0. The monoisotopic (exact) mass is 399 g/mol. The molecule has 0 radical (unpaired) electrons. The van der Waals surface area contributed by atoms with Gasteiger partial charge in [-0.2, -0.15) is 0 Å². The first kappa shape index (κ1) is 18.8. The summed E-state index contributed by atoms with van der Waals surface area (Å²) in [6.45, 7) is 2.22. The van der Waals surface area contributed by atoms with Gasteiger partial charge in [-0.1, -0.05) is 6.07 Å². The van der Waals surface area contributed by atoms with E-state index in [-0.39, 0.29) is 24.1 Å². The molecule has 1 aromatic carbocycles. The Morgan fingerprint density at radius 1 is 1.10 bits per heavy atom. The maximum Gasteiger partial charge on any atom is 0.307 e. The molecule has 4 saturated carbocycles. The molecule has 4 bridgehead atoms. The highest BCUT2D eigenvalue weighted by molar-refractivity contribution is 5.83. The molecule has 156 valence electrons. The maximum atomic E-state index is 12.6. The van der Waals surface area contributed by atoms with Gasteiger partial charge in [-0.3, -0.25) is 9.59 Å². The number of carbonyl (C=O) groups excluding carboxylic acids is 2. The summed E-state index contributed by atoms with van der Waals surface area (Å²) >= 11 is 0. The lowest BCUT2D eigenvalue weighted by atomic mass is 9.49. The van der Waals surface area contributed by atoms with E-state index < -0.39 is 6.10 Å². The van der Waals surface area contributed by atoms with Crippen molar-refractivity contribution in [3.8, 4) is 11.5 Å². The second kappa shape index (κ2) is 7.22. The van der Waals surface area contributed by atoms with Crippen LogP contribution in [-0.4, -0.2) is 24.8 Å². The number of carbonyl (C=O) groups is 2. The van der Waals surface area contributed by atoms with E-state index >= 15 is 0 Å². The van der Waals surface area contributed by atoms with Crippen LogP contribution >= 0.6 is 0 Å². The number of esters is 1. The molecule has 0 aromatic heterocycles. The zero-order valence-corrected chi connectivity index (χ0v) is 16.9. The normalized spacial score (nSPS) is 32.1. The molecule has 5 aliphatic rings. The third-order valence-electron chi connectivity index (χ3n) is 7.27. The van der Waals surface area contributed by atoms with Crippen LogP contribution in [0.3, 0.4) is 0 Å². The Labute approximate surface area is 171 Å². The van der Waals surface area contributed by atoms with Gasteiger partial charge in [0.2, 0.25) is 6.79 Å². The van der Waals surface area contributed by atoms with Crippen molar-refractivity contribution in [2.45, 2.75) is 64.5 Å². The van der Waals surface area contributed by atoms with Crippen LogP contribution in [0.25, 0.3) is 0 Å². The van der Waals surface area contributed by atoms with E-state index in [1.165, 1.54) is 38.5 Å². The molecule has 0 unspecified atom stereocenters. The molecule has 4 aliphatic carbocycles. The average molecular weight is 399 g/mol. The first-order valence-electron chi connectivity index (χ1n) is 10.8. The van der Waals surface area contributed by atoms with Gasteiger partial charge in [-0.05, 0) is 86.3 Å². The highest BCUT2D eigenvalue weighted by Crippen LogP contribution is 2.61. The lowest BCUT2D eigenvalue weighted by Gasteiger charge is -2.56. The molecule has 1 amide bonds. The van der Waals surface area contributed by atoms with E-state index in [1.54, 1.807) is 6.92 Å². The highest BCUT2D eigenvalue weighted by atomic mass is 16.7. The molecule has 6 heteroatoms. The molecule has 1 N–H and O–H groups in total. The summed E-state index contributed by atoms with van der Waals surface area (Å²) in [6, 6.07) is 5.57. The summed E-state index contributed by atoms with van der Waals surface area (Å²) in [4.78, 5) is 25.0. The van der Waals surface area contributed by atoms with Gasteiger partial charge < -0.3 is 19.5 Å². The van der Waals surface area contributed by atoms with Crippen molar-refractivity contribution in [2.24, 2.45) is 23.2 Å². The first-order chi connectivity index (χ1) is 14.0. The number of benzene rings is 1. The Hall–Kier alpha value is -2.24. The van der Waals surface area contributed by atoms with Crippen LogP contribution in [0.15, 0.2) is 18.2 Å². The van der Waals surface area contributed by atoms with Crippen molar-refractivity contribution in [3.05, 3.63) is 23.8 Å². The molecule has 1 aromatic rings. The van der Waals surface area contributed by atoms with Gasteiger partial charge in [0.15, 0.2) is 17.6 Å². The van der Waals surface area contributed by atoms with Crippen molar-refractivity contribution in [1.82, 2.24) is 5.32 Å². The van der Waals surface area contributed by atoms with Crippen LogP contribution < -0.4 is 14.8 Å². The molecule has 1 atom stereocenters. The Morgan fingerprint density at radius 3 is 2.45 bits per heavy atom. The number of amides is 1. The number of hydrogen-bond acceptors (Lipinski definition) is 5. The van der Waals surface area contributed by atoms with Crippen molar-refractivity contribution in [1.29, 1.82) is 0 Å². The fraction of sp³-hybridized carbons (Fsp3) is 0.652. The summed E-state index contributed by atoms with van der Waals surface area (Å²) in [5, 5.41) is 2.84. The molecule has 0 spiro atoms. The lowest BCUT2D eigenvalue weighted by molar-refractivity contribution is -0.161. The molecule has 6 rings (SSSR count). The van der Waals surface area contributed by atoms with Gasteiger partial charge in [0.1, 0.15) is 0 Å². The van der Waals surface area contributed by atoms with Crippen molar-refractivity contribution in [2.75, 3.05) is 6.79 Å². The predicted octanol–water partition coefficient (Wildman–Crippen LogP) is 3.57. The second-order valence-corrected chi connectivity index (χ2v) is 9.63. The summed E-state index contributed by atoms with van der Waals surface area (Å²) in [7, 11) is 0. The number of rotatable bonds is 6. The highest BCUT2D eigenvalue weighted by Gasteiger charge is 2.51. The topological polar surface area (TPSA) is 73.9 Å². The van der Waals surface area contributed by atoms with E-state index in [1.807, 2.05) is 18.2 Å². The van der Waals surface area contributed by atoms with Crippen molar-refractivity contribution < 1.29 is 23.8 Å². The Bertz CT molecular complexity index is 784. The minimum Gasteiger partial charge on any atom is -0.454 e. The summed E-state index contributed by atoms with van der Waals surface area (Å²) in [5.41, 5.74) is 1.05. The Morgan fingerprint density at radius 2 is 1.76 bits per heavy atom. The van der Waals surface area contributed by atoms with Crippen LogP contribution in [-0.2, 0) is 20.9 Å². The summed E-state index contributed by atoms with van der Waals surface area (Å²) in [6.07, 6.45) is 7.24. The number of nitrogens with one attached hydrogen (secondary N) is 1. The minimum atomic E-state index is -0.787. The standard InChI is InChI=1S/C23H29NO5/c1-14(22(26)24-12-15-2-3-19-20(7-15)28-13-27-19)29-21(25)11-23-8-16-4-17(9-23)6-18(5-16)10-23/h2-3,7,14,16-18H,4-6,8-13H2,1H3,(H,24,26)/t14-,16?,17?,18?,23?/m1/s1. The van der Waals surface area contributed by atoms with Gasteiger partial charge in [0.25, 0.3) is 5.91 Å². The van der Waals surface area contributed by atoms with Crippen LogP contribution in [0.4, 0.5) is 0 Å². The molecule has 4 fully saturated rings. The van der Waals surface area contributed by atoms with Gasteiger partial charge in [-0.25, -0.2) is 0 Å². The molecule has 1 heterocycles. The molecular formula is C23H29NO5. The number of ether oxygens (including phenoxy) is 3. The third-order valence-corrected chi connectivity index (χ3v) is 7.27. The van der Waals surface area contributed by atoms with E-state index in [2.05, 4.69) is 5.32 Å². The van der Waals surface area contributed by atoms with Crippen molar-refractivity contribution in [3.63, 3.8) is 0 Å². The van der Waals surface area contributed by atoms with Crippen LogP contribution in [0.2, 0.25) is 0 Å². The summed E-state index contributed by atoms with van der Waals surface area (Å²) in [5.74, 6) is 3.31. The van der Waals surface area contributed by atoms with Gasteiger partial charge in [-0.15, -0.1) is 0 Å². The van der Waals surface area contributed by atoms with E-state index in [0.29, 0.717) is 24.5 Å². The summed E-state index contributed by atoms with van der Waals surface area (Å²) < 4.78 is 16.2. The van der Waals surface area contributed by atoms with Crippen LogP contribution in [0.5, 0.6) is 11.5 Å². The molecule has 6 nitrogen and oxygen atoms in total. The van der Waals surface area contributed by atoms with Crippen molar-refractivity contribution >= 4 is 11.9 Å². The van der Waals surface area contributed by atoms with Crippen LogP contribution in [0, 0.1) is 23.2 Å². The molecule has 1 aliphatic heterocycles. The Balaban J connectivity index is 1.12. The smallest absolute Gasteiger partial charge is 0.307 e. The fourth-order valence-corrected chi connectivity index (χ4v) is 6.49.